The van der Waals surface area contributed by atoms with E-state index < -0.39 is 0 Å². The summed E-state index contributed by atoms with van der Waals surface area (Å²) in [6.45, 7) is 4.37. The Balaban J connectivity index is 0. The Morgan fingerprint density at radius 1 is 1.19 bits per heavy atom. The standard InChI is InChI=1S/C10H15OP.CH4O2.Y/c1-7(2)10(12)8-3-5-9(11)6-4-8;1-3-2;/h3-7,10-11H,12H2,1-2H3;2H,1H3;. The third-order valence-corrected chi connectivity index (χ3v) is 3.15. The van der Waals surface area contributed by atoms with Gasteiger partial charge in [-0.1, -0.05) is 26.0 Å². The van der Waals surface area contributed by atoms with Gasteiger partial charge in [0.2, 0.25) is 0 Å². The Morgan fingerprint density at radius 2 is 1.56 bits per heavy atom. The number of aromatic hydroxyl groups is 1. The predicted octanol–water partition coefficient (Wildman–Crippen LogP) is 3.07. The van der Waals surface area contributed by atoms with E-state index in [9.17, 15) is 0 Å². The van der Waals surface area contributed by atoms with Gasteiger partial charge in [-0.2, -0.15) is 0 Å². The Kier molecular flexibility index (Phi) is 12.5. The van der Waals surface area contributed by atoms with Crippen LogP contribution in [-0.4, -0.2) is 17.5 Å². The topological polar surface area (TPSA) is 49.7 Å². The minimum atomic E-state index is 0. The van der Waals surface area contributed by atoms with Crippen LogP contribution < -0.4 is 0 Å². The molecule has 89 valence electrons. The van der Waals surface area contributed by atoms with Gasteiger partial charge in [-0.3, -0.25) is 5.26 Å². The maximum atomic E-state index is 9.07. The summed E-state index contributed by atoms with van der Waals surface area (Å²) in [5.74, 6) is 0.944. The molecule has 5 heteroatoms. The summed E-state index contributed by atoms with van der Waals surface area (Å²) in [4.78, 5) is 3.25. The molecule has 1 aromatic rings. The van der Waals surface area contributed by atoms with Crippen LogP contribution in [0.25, 0.3) is 0 Å². The maximum Gasteiger partial charge on any atom is 0.115 e. The van der Waals surface area contributed by atoms with Crippen LogP contribution in [0.2, 0.25) is 0 Å². The van der Waals surface area contributed by atoms with Crippen LogP contribution in [0.4, 0.5) is 0 Å². The van der Waals surface area contributed by atoms with Crippen molar-refractivity contribution >= 4 is 9.24 Å². The fourth-order valence-electron chi connectivity index (χ4n) is 1.08. The SMILES string of the molecule is CC(C)C(P)c1ccc(O)cc1.COO.[Y]. The largest absolute Gasteiger partial charge is 0.508 e. The van der Waals surface area contributed by atoms with E-state index in [0.29, 0.717) is 17.3 Å². The maximum absolute atomic E-state index is 9.07. The zero-order valence-electron chi connectivity index (χ0n) is 9.92. The fourth-order valence-corrected chi connectivity index (χ4v) is 1.30. The van der Waals surface area contributed by atoms with Crippen molar-refractivity contribution in [3.05, 3.63) is 29.8 Å². The molecule has 1 radical (unpaired) electrons. The number of hydrogen-bond acceptors (Lipinski definition) is 3. The molecular formula is C11H19O3PY. The zero-order valence-corrected chi connectivity index (χ0v) is 13.9. The molecule has 2 unspecified atom stereocenters. The first-order valence-electron chi connectivity index (χ1n) is 4.75. The van der Waals surface area contributed by atoms with E-state index in [2.05, 4.69) is 28.0 Å². The molecule has 0 fully saturated rings. The third kappa shape index (κ3) is 7.70. The van der Waals surface area contributed by atoms with Gasteiger partial charge in [0.1, 0.15) is 5.75 Å². The molecule has 0 saturated carbocycles. The van der Waals surface area contributed by atoms with E-state index in [-0.39, 0.29) is 32.7 Å². The smallest absolute Gasteiger partial charge is 0.115 e. The average molecular weight is 319 g/mol. The van der Waals surface area contributed by atoms with Gasteiger partial charge in [0.15, 0.2) is 0 Å². The summed E-state index contributed by atoms with van der Waals surface area (Å²) in [5.41, 5.74) is 1.73. The molecule has 0 aliphatic carbocycles. The predicted molar refractivity (Wildman–Crippen MR) is 65.0 cm³/mol. The van der Waals surface area contributed by atoms with Crippen LogP contribution in [0.1, 0.15) is 25.1 Å². The van der Waals surface area contributed by atoms with Crippen molar-refractivity contribution in [2.24, 2.45) is 5.92 Å². The van der Waals surface area contributed by atoms with E-state index in [1.54, 1.807) is 12.1 Å². The number of benzene rings is 1. The van der Waals surface area contributed by atoms with Gasteiger partial charge in [0.05, 0.1) is 7.11 Å². The minimum absolute atomic E-state index is 0. The second-order valence-electron chi connectivity index (χ2n) is 3.54. The summed E-state index contributed by atoms with van der Waals surface area (Å²) in [5, 5.41) is 16.1. The van der Waals surface area contributed by atoms with Gasteiger partial charge in [-0.05, 0) is 23.6 Å². The first-order chi connectivity index (χ1) is 7.02. The van der Waals surface area contributed by atoms with Crippen molar-refractivity contribution < 1.29 is 48.0 Å². The van der Waals surface area contributed by atoms with Crippen LogP contribution >= 0.6 is 9.24 Å². The molecule has 1 rings (SSSR count). The molecule has 3 nitrogen and oxygen atoms in total. The normalized spacial score (nSPS) is 11.1. The van der Waals surface area contributed by atoms with Crippen molar-refractivity contribution in [3.8, 4) is 5.75 Å². The molecule has 1 aromatic carbocycles. The van der Waals surface area contributed by atoms with Gasteiger partial charge in [0, 0.05) is 38.4 Å². The van der Waals surface area contributed by atoms with Crippen LogP contribution in [0.15, 0.2) is 24.3 Å². The van der Waals surface area contributed by atoms with Crippen LogP contribution in [0.5, 0.6) is 5.75 Å². The van der Waals surface area contributed by atoms with Crippen molar-refractivity contribution in [1.29, 1.82) is 0 Å². The van der Waals surface area contributed by atoms with E-state index in [4.69, 9.17) is 10.4 Å². The molecule has 0 aromatic heterocycles. The van der Waals surface area contributed by atoms with Gasteiger partial charge in [-0.25, -0.2) is 4.89 Å². The second kappa shape index (κ2) is 10.6. The van der Waals surface area contributed by atoms with Crippen LogP contribution in [-0.2, 0) is 37.6 Å². The van der Waals surface area contributed by atoms with E-state index in [0.717, 1.165) is 0 Å². The molecule has 0 saturated heterocycles. The summed E-state index contributed by atoms with van der Waals surface area (Å²) in [6.07, 6.45) is 0. The van der Waals surface area contributed by atoms with E-state index >= 15 is 0 Å². The fraction of sp³-hybridized carbons (Fsp3) is 0.455. The number of hydrogen-bond donors (Lipinski definition) is 2. The van der Waals surface area contributed by atoms with Crippen LogP contribution in [0.3, 0.4) is 0 Å². The Morgan fingerprint density at radius 3 is 1.88 bits per heavy atom. The Hall–Kier alpha value is 0.474. The molecule has 0 aliphatic rings. The molecule has 0 aliphatic heterocycles. The van der Waals surface area contributed by atoms with Crippen molar-refractivity contribution in [1.82, 2.24) is 0 Å². The minimum Gasteiger partial charge on any atom is -0.508 e. The monoisotopic (exact) mass is 319 g/mol. The molecule has 0 heterocycles. The number of phenols is 1. The van der Waals surface area contributed by atoms with Crippen molar-refractivity contribution in [2.75, 3.05) is 7.11 Å². The summed E-state index contributed by atoms with van der Waals surface area (Å²) >= 11 is 0. The van der Waals surface area contributed by atoms with Gasteiger partial charge >= 0.3 is 0 Å². The van der Waals surface area contributed by atoms with E-state index in [1.807, 2.05) is 12.1 Å². The van der Waals surface area contributed by atoms with Gasteiger partial charge < -0.3 is 5.11 Å². The molecular weight excluding hydrogens is 300 g/mol. The first kappa shape index (κ1) is 18.8. The van der Waals surface area contributed by atoms with Gasteiger partial charge in [0.25, 0.3) is 0 Å². The molecule has 16 heavy (non-hydrogen) atoms. The summed E-state index contributed by atoms with van der Waals surface area (Å²) < 4.78 is 0. The van der Waals surface area contributed by atoms with Gasteiger partial charge in [-0.15, -0.1) is 9.24 Å². The quantitative estimate of drug-likeness (QED) is 0.500. The van der Waals surface area contributed by atoms with Crippen molar-refractivity contribution in [2.45, 2.75) is 19.5 Å². The number of phenolic OH excluding ortho intramolecular Hbond substituents is 1. The third-order valence-electron chi connectivity index (χ3n) is 2.00. The molecule has 2 atom stereocenters. The Bertz CT molecular complexity index is 264. The second-order valence-corrected chi connectivity index (χ2v) is 4.26. The van der Waals surface area contributed by atoms with Crippen molar-refractivity contribution in [3.63, 3.8) is 0 Å². The van der Waals surface area contributed by atoms with Crippen LogP contribution in [0, 0.1) is 5.92 Å². The average Bonchev–Trinajstić information content (AvgIpc) is 2.19. The zero-order chi connectivity index (χ0) is 11.8. The van der Waals surface area contributed by atoms with E-state index in [1.165, 1.54) is 12.7 Å². The summed E-state index contributed by atoms with van der Waals surface area (Å²) in [7, 11) is 4.00. The first-order valence-corrected chi connectivity index (χ1v) is 5.41. The number of rotatable bonds is 2. The molecule has 2 N–H and O–H groups in total. The molecule has 0 spiro atoms. The molecule has 0 amide bonds. The molecule has 0 bridgehead atoms. The Labute approximate surface area is 125 Å². The summed E-state index contributed by atoms with van der Waals surface area (Å²) in [6, 6.07) is 7.39.